The maximum absolute atomic E-state index is 6.52. The van der Waals surface area contributed by atoms with Crippen LogP contribution in [0.5, 0.6) is 11.5 Å². The number of fused-ring (bicyclic) bond motifs is 2. The van der Waals surface area contributed by atoms with E-state index in [1.165, 1.54) is 21.7 Å². The van der Waals surface area contributed by atoms with E-state index in [-0.39, 0.29) is 10.3 Å². The Labute approximate surface area is 185 Å². The summed E-state index contributed by atoms with van der Waals surface area (Å²) in [5.41, 5.74) is 2.75. The summed E-state index contributed by atoms with van der Waals surface area (Å²) in [6.45, 7) is 18.8. The normalized spacial score (nSPS) is 25.5. The number of benzene rings is 2. The Morgan fingerprint density at radius 2 is 1.03 bits per heavy atom. The molecule has 4 atom stereocenters. The maximum Gasteiger partial charge on any atom is 0.128 e. The molecule has 2 aliphatic heterocycles. The van der Waals surface area contributed by atoms with Gasteiger partial charge in [0.25, 0.3) is 0 Å². The first-order valence-corrected chi connectivity index (χ1v) is 14.1. The summed E-state index contributed by atoms with van der Waals surface area (Å²) >= 11 is 0. The van der Waals surface area contributed by atoms with Gasteiger partial charge in [0.05, 0.1) is 0 Å². The molecule has 0 N–H and O–H groups in total. The van der Waals surface area contributed by atoms with Gasteiger partial charge in [0.1, 0.15) is 23.2 Å². The monoisotopic (exact) mass is 442 g/mol. The van der Waals surface area contributed by atoms with Gasteiger partial charge in [-0.25, -0.2) is 0 Å². The second-order valence-corrected chi connectivity index (χ2v) is 16.6. The highest BCUT2D eigenvalue weighted by molar-refractivity contribution is 7.69. The van der Waals surface area contributed by atoms with E-state index in [1.807, 2.05) is 0 Å². The van der Waals surface area contributed by atoms with Gasteiger partial charge in [0.2, 0.25) is 0 Å². The first kappa shape index (κ1) is 22.1. The van der Waals surface area contributed by atoms with Crippen LogP contribution >= 0.6 is 15.8 Å². The third kappa shape index (κ3) is 3.59. The van der Waals surface area contributed by atoms with Crippen molar-refractivity contribution < 1.29 is 9.47 Å². The summed E-state index contributed by atoms with van der Waals surface area (Å²) in [6, 6.07) is 13.4. The van der Waals surface area contributed by atoms with Crippen LogP contribution in [0.4, 0.5) is 0 Å². The predicted octanol–water partition coefficient (Wildman–Crippen LogP) is 7.42. The lowest BCUT2D eigenvalue weighted by Crippen LogP contribution is -2.26. The predicted molar refractivity (Wildman–Crippen MR) is 134 cm³/mol. The minimum absolute atomic E-state index is 0.201. The Hall–Kier alpha value is -1.10. The number of hydrogen-bond donors (Lipinski definition) is 0. The summed E-state index contributed by atoms with van der Waals surface area (Å²) in [5, 5.41) is 3.33. The minimum atomic E-state index is -0.429. The quantitative estimate of drug-likeness (QED) is 0.461. The van der Waals surface area contributed by atoms with Crippen molar-refractivity contribution in [1.29, 1.82) is 0 Å². The molecule has 0 fully saturated rings. The van der Waals surface area contributed by atoms with E-state index in [1.54, 1.807) is 0 Å². The molecular weight excluding hydrogens is 406 g/mol. The standard InChI is InChI=1S/C26H36O2P2/c1-9-21-27-19-15-11-13-17(23(19)29(21)25(3,4)5)18-14-12-16-20-24(18)30(26(6,7)8)22(10-2)28-20/h11-16,21-22H,9-10H2,1-8H3/t21-,22-,29-,30-/m1/s1. The van der Waals surface area contributed by atoms with Gasteiger partial charge in [-0.05, 0) is 62.3 Å². The highest BCUT2D eigenvalue weighted by Gasteiger charge is 2.45. The van der Waals surface area contributed by atoms with Crippen LogP contribution in [0.25, 0.3) is 11.1 Å². The van der Waals surface area contributed by atoms with Gasteiger partial charge in [0.15, 0.2) is 0 Å². The van der Waals surface area contributed by atoms with Crippen LogP contribution < -0.4 is 20.1 Å². The zero-order chi connectivity index (χ0) is 21.8. The molecule has 0 amide bonds. The largest absolute Gasteiger partial charge is 0.485 e. The second-order valence-electron chi connectivity index (χ2n) is 10.3. The van der Waals surface area contributed by atoms with Crippen molar-refractivity contribution in [2.24, 2.45) is 0 Å². The highest BCUT2D eigenvalue weighted by atomic mass is 31.1. The van der Waals surface area contributed by atoms with Crippen molar-refractivity contribution in [2.75, 3.05) is 0 Å². The Kier molecular flexibility index (Phi) is 5.74. The lowest BCUT2D eigenvalue weighted by Gasteiger charge is -2.34. The number of hydrogen-bond acceptors (Lipinski definition) is 2. The van der Waals surface area contributed by atoms with E-state index in [0.29, 0.717) is 11.7 Å². The molecule has 0 spiro atoms. The first-order chi connectivity index (χ1) is 14.1. The van der Waals surface area contributed by atoms with Gasteiger partial charge in [-0.2, -0.15) is 0 Å². The Balaban J connectivity index is 1.95. The van der Waals surface area contributed by atoms with Crippen molar-refractivity contribution in [3.63, 3.8) is 0 Å². The van der Waals surface area contributed by atoms with Gasteiger partial charge in [0, 0.05) is 10.6 Å². The van der Waals surface area contributed by atoms with Crippen molar-refractivity contribution in [3.05, 3.63) is 36.4 Å². The minimum Gasteiger partial charge on any atom is -0.485 e. The smallest absolute Gasteiger partial charge is 0.128 e. The van der Waals surface area contributed by atoms with Crippen LogP contribution in [0.1, 0.15) is 68.2 Å². The average Bonchev–Trinajstić information content (AvgIpc) is 3.24. The van der Waals surface area contributed by atoms with E-state index in [9.17, 15) is 0 Å². The van der Waals surface area contributed by atoms with E-state index < -0.39 is 15.8 Å². The average molecular weight is 443 g/mol. The lowest BCUT2D eigenvalue weighted by atomic mass is 10.0. The van der Waals surface area contributed by atoms with Crippen molar-refractivity contribution in [1.82, 2.24) is 0 Å². The fourth-order valence-corrected chi connectivity index (χ4v) is 11.4. The second kappa shape index (κ2) is 7.79. The van der Waals surface area contributed by atoms with Gasteiger partial charge in [-0.1, -0.05) is 79.7 Å². The van der Waals surface area contributed by atoms with Crippen molar-refractivity contribution in [2.45, 2.75) is 90.2 Å². The van der Waals surface area contributed by atoms with Crippen LogP contribution in [-0.2, 0) is 0 Å². The third-order valence-corrected chi connectivity index (χ3v) is 12.9. The highest BCUT2D eigenvalue weighted by Crippen LogP contribution is 2.63. The topological polar surface area (TPSA) is 18.5 Å². The van der Waals surface area contributed by atoms with E-state index in [4.69, 9.17) is 9.47 Å². The molecule has 0 saturated carbocycles. The fourth-order valence-electron chi connectivity index (χ4n) is 4.92. The molecule has 4 rings (SSSR count). The first-order valence-electron chi connectivity index (χ1n) is 11.3. The van der Waals surface area contributed by atoms with Crippen LogP contribution in [-0.4, -0.2) is 22.0 Å². The molecule has 162 valence electrons. The maximum atomic E-state index is 6.52. The van der Waals surface area contributed by atoms with Crippen molar-refractivity contribution >= 4 is 26.5 Å². The number of rotatable bonds is 3. The molecule has 0 aliphatic carbocycles. The fraction of sp³-hybridized carbons (Fsp3) is 0.538. The Morgan fingerprint density at radius 3 is 1.33 bits per heavy atom. The summed E-state index contributed by atoms with van der Waals surface area (Å²) in [6.07, 6.45) is 2.11. The summed E-state index contributed by atoms with van der Waals surface area (Å²) in [7, 11) is -0.859. The van der Waals surface area contributed by atoms with Crippen molar-refractivity contribution in [3.8, 4) is 22.6 Å². The molecule has 2 aliphatic rings. The van der Waals surface area contributed by atoms with Gasteiger partial charge in [-0.15, -0.1) is 0 Å². The molecule has 30 heavy (non-hydrogen) atoms. The molecule has 0 saturated heterocycles. The molecule has 0 radical (unpaired) electrons. The molecule has 0 aromatic heterocycles. The molecule has 2 aromatic rings. The van der Waals surface area contributed by atoms with Gasteiger partial charge < -0.3 is 9.47 Å². The zero-order valence-electron chi connectivity index (χ0n) is 19.7. The Bertz CT molecular complexity index is 862. The zero-order valence-corrected chi connectivity index (χ0v) is 21.5. The Morgan fingerprint density at radius 1 is 0.667 bits per heavy atom. The summed E-state index contributed by atoms with van der Waals surface area (Å²) in [4.78, 5) is 0. The van der Waals surface area contributed by atoms with Crippen LogP contribution in [0, 0.1) is 0 Å². The number of ether oxygens (including phenoxy) is 2. The van der Waals surface area contributed by atoms with Gasteiger partial charge in [-0.3, -0.25) is 0 Å². The van der Waals surface area contributed by atoms with Crippen LogP contribution in [0.15, 0.2) is 36.4 Å². The lowest BCUT2D eigenvalue weighted by molar-refractivity contribution is 0.288. The molecule has 0 bridgehead atoms. The van der Waals surface area contributed by atoms with Crippen LogP contribution in [0.3, 0.4) is 0 Å². The van der Waals surface area contributed by atoms with E-state index >= 15 is 0 Å². The third-order valence-electron chi connectivity index (χ3n) is 6.02. The SMILES string of the molecule is CC[C@@H]1Oc2cccc(-c3cccc4c3[P@](C(C)(C)C)[C@H](CC)O4)c2[P@]1C(C)(C)C. The van der Waals surface area contributed by atoms with E-state index in [2.05, 4.69) is 91.8 Å². The molecular formula is C26H36O2P2. The molecule has 0 unspecified atom stereocenters. The van der Waals surface area contributed by atoms with Crippen LogP contribution in [0.2, 0.25) is 0 Å². The van der Waals surface area contributed by atoms with E-state index in [0.717, 1.165) is 24.3 Å². The summed E-state index contributed by atoms with van der Waals surface area (Å²) < 4.78 is 13.0. The molecule has 2 aromatic carbocycles. The molecule has 2 heterocycles. The molecule has 4 heteroatoms. The summed E-state index contributed by atoms with van der Waals surface area (Å²) in [5.74, 6) is 2.81. The molecule has 2 nitrogen and oxygen atoms in total. The van der Waals surface area contributed by atoms with Gasteiger partial charge >= 0.3 is 0 Å².